The maximum absolute atomic E-state index is 11.1. The van der Waals surface area contributed by atoms with Crippen molar-refractivity contribution in [2.45, 2.75) is 12.8 Å². The second kappa shape index (κ2) is 5.80. The van der Waals surface area contributed by atoms with Crippen molar-refractivity contribution >= 4 is 23.1 Å². The lowest BCUT2D eigenvalue weighted by Gasteiger charge is -2.11. The summed E-state index contributed by atoms with van der Waals surface area (Å²) in [5.74, 6) is 1.13. The second-order valence-corrected chi connectivity index (χ2v) is 4.27. The molecule has 0 bridgehead atoms. The molecule has 84 valence electrons. The lowest BCUT2D eigenvalue weighted by atomic mass is 10.2. The minimum Gasteiger partial charge on any atom is -0.383 e. The molecule has 0 unspecified atom stereocenters. The molecule has 0 spiro atoms. The molecule has 15 heavy (non-hydrogen) atoms. The molecular weight excluding hydrogens is 212 g/mol. The van der Waals surface area contributed by atoms with Crippen molar-refractivity contribution in [1.29, 1.82) is 0 Å². The van der Waals surface area contributed by atoms with Crippen molar-refractivity contribution in [2.75, 3.05) is 36.2 Å². The first-order valence-corrected chi connectivity index (χ1v) is 6.35. The maximum atomic E-state index is 11.1. The lowest BCUT2D eigenvalue weighted by molar-refractivity contribution is 0.841. The van der Waals surface area contributed by atoms with Gasteiger partial charge in [-0.05, 0) is 24.9 Å². The highest BCUT2D eigenvalue weighted by atomic mass is 32.2. The predicted octanol–water partition coefficient (Wildman–Crippen LogP) is 0.879. The van der Waals surface area contributed by atoms with E-state index in [0.717, 1.165) is 25.1 Å². The third-order valence-electron chi connectivity index (χ3n) is 2.24. The largest absolute Gasteiger partial charge is 0.383 e. The highest BCUT2D eigenvalue weighted by Gasteiger charge is 2.18. The van der Waals surface area contributed by atoms with Crippen LogP contribution in [-0.2, 0) is 0 Å². The minimum atomic E-state index is -0.413. The Labute approximate surface area is 93.1 Å². The number of anilines is 2. The van der Waals surface area contributed by atoms with Gasteiger partial charge >= 0.3 is 0 Å². The summed E-state index contributed by atoms with van der Waals surface area (Å²) in [4.78, 5) is 22.2. The van der Waals surface area contributed by atoms with Gasteiger partial charge in [-0.25, -0.2) is 0 Å². The van der Waals surface area contributed by atoms with E-state index in [1.54, 1.807) is 7.05 Å². The van der Waals surface area contributed by atoms with E-state index in [2.05, 4.69) is 16.9 Å². The molecule has 1 aromatic rings. The first kappa shape index (κ1) is 12.1. The topological polar surface area (TPSA) is 58.2 Å². The van der Waals surface area contributed by atoms with Crippen LogP contribution in [0.25, 0.3) is 0 Å². The van der Waals surface area contributed by atoms with Crippen LogP contribution in [0.15, 0.2) is 9.59 Å². The number of unbranched alkanes of at least 4 members (excludes halogenated alkanes) is 1. The van der Waals surface area contributed by atoms with E-state index in [-0.39, 0.29) is 0 Å². The Balaban J connectivity index is 2.35. The van der Waals surface area contributed by atoms with Crippen LogP contribution in [0.3, 0.4) is 0 Å². The van der Waals surface area contributed by atoms with Crippen LogP contribution in [0.4, 0.5) is 11.4 Å². The molecule has 0 radical (unpaired) electrons. The fourth-order valence-electron chi connectivity index (χ4n) is 1.38. The van der Waals surface area contributed by atoms with E-state index in [1.165, 1.54) is 0 Å². The molecule has 0 aliphatic rings. The van der Waals surface area contributed by atoms with Crippen LogP contribution >= 0.6 is 11.8 Å². The van der Waals surface area contributed by atoms with Gasteiger partial charge in [0.2, 0.25) is 0 Å². The highest BCUT2D eigenvalue weighted by Crippen LogP contribution is 2.13. The summed E-state index contributed by atoms with van der Waals surface area (Å²) in [6, 6.07) is 0. The van der Waals surface area contributed by atoms with Crippen LogP contribution < -0.4 is 21.5 Å². The highest BCUT2D eigenvalue weighted by molar-refractivity contribution is 7.98. The third-order valence-corrected chi connectivity index (χ3v) is 2.93. The number of nitrogens with one attached hydrogen (secondary N) is 2. The molecule has 0 aliphatic heterocycles. The Morgan fingerprint density at radius 2 is 1.80 bits per heavy atom. The van der Waals surface area contributed by atoms with E-state index < -0.39 is 10.9 Å². The van der Waals surface area contributed by atoms with Crippen molar-refractivity contribution < 1.29 is 0 Å². The van der Waals surface area contributed by atoms with Crippen LogP contribution in [0.1, 0.15) is 12.8 Å². The zero-order chi connectivity index (χ0) is 11.3. The minimum absolute atomic E-state index is 0.399. The second-order valence-electron chi connectivity index (χ2n) is 3.28. The lowest BCUT2D eigenvalue weighted by Crippen LogP contribution is -2.36. The first-order valence-electron chi connectivity index (χ1n) is 4.96. The van der Waals surface area contributed by atoms with Crippen molar-refractivity contribution in [3.05, 3.63) is 20.4 Å². The molecule has 1 rings (SSSR count). The van der Waals surface area contributed by atoms with Gasteiger partial charge in [0.05, 0.1) is 0 Å². The van der Waals surface area contributed by atoms with Gasteiger partial charge < -0.3 is 10.6 Å². The standard InChI is InChI=1S/C10H16N2O2S/c1-11-7-8(10(14)9(7)13)12-5-3-4-6-15-2/h11-12H,3-6H2,1-2H3. The molecule has 4 nitrogen and oxygen atoms in total. The fourth-order valence-corrected chi connectivity index (χ4v) is 1.88. The number of thioether (sulfide) groups is 1. The van der Waals surface area contributed by atoms with Crippen LogP contribution in [0.5, 0.6) is 0 Å². The van der Waals surface area contributed by atoms with Gasteiger partial charge in [-0.3, -0.25) is 9.59 Å². The Bertz CT molecular complexity index is 383. The van der Waals surface area contributed by atoms with E-state index >= 15 is 0 Å². The van der Waals surface area contributed by atoms with Gasteiger partial charge in [0.15, 0.2) is 0 Å². The summed E-state index contributed by atoms with van der Waals surface area (Å²) >= 11 is 1.81. The maximum Gasteiger partial charge on any atom is 0.253 e. The number of hydrogen-bond donors (Lipinski definition) is 2. The smallest absolute Gasteiger partial charge is 0.253 e. The van der Waals surface area contributed by atoms with Crippen molar-refractivity contribution in [3.8, 4) is 0 Å². The van der Waals surface area contributed by atoms with Gasteiger partial charge in [0.25, 0.3) is 10.9 Å². The fraction of sp³-hybridized carbons (Fsp3) is 0.600. The molecule has 0 saturated heterocycles. The van der Waals surface area contributed by atoms with Crippen LogP contribution in [0, 0.1) is 0 Å². The summed E-state index contributed by atoms with van der Waals surface area (Å²) in [7, 11) is 1.65. The zero-order valence-corrected chi connectivity index (χ0v) is 9.87. The molecule has 1 aromatic carbocycles. The Morgan fingerprint density at radius 3 is 2.40 bits per heavy atom. The van der Waals surface area contributed by atoms with Crippen LogP contribution in [-0.4, -0.2) is 25.6 Å². The van der Waals surface area contributed by atoms with E-state index in [1.807, 2.05) is 11.8 Å². The zero-order valence-electron chi connectivity index (χ0n) is 9.05. The van der Waals surface area contributed by atoms with Gasteiger partial charge in [-0.15, -0.1) is 0 Å². The monoisotopic (exact) mass is 228 g/mol. The van der Waals surface area contributed by atoms with Crippen molar-refractivity contribution in [1.82, 2.24) is 0 Å². The molecular formula is C10H16N2O2S. The number of rotatable bonds is 7. The normalized spacial score (nSPS) is 10.5. The van der Waals surface area contributed by atoms with E-state index in [0.29, 0.717) is 11.4 Å². The molecule has 0 aromatic heterocycles. The molecule has 5 heteroatoms. The van der Waals surface area contributed by atoms with Crippen molar-refractivity contribution in [2.24, 2.45) is 0 Å². The molecule has 2 N–H and O–H groups in total. The average Bonchev–Trinajstić information content (AvgIpc) is 2.26. The molecule has 0 saturated carbocycles. The Hall–Kier alpha value is -0.970. The van der Waals surface area contributed by atoms with E-state index in [9.17, 15) is 9.59 Å². The summed E-state index contributed by atoms with van der Waals surface area (Å²) in [6.45, 7) is 0.750. The average molecular weight is 228 g/mol. The molecule has 0 fully saturated rings. The first-order chi connectivity index (χ1) is 7.22. The Kier molecular flexibility index (Phi) is 4.68. The summed E-state index contributed by atoms with van der Waals surface area (Å²) in [6.07, 6.45) is 4.21. The molecule has 0 aliphatic carbocycles. The van der Waals surface area contributed by atoms with Gasteiger partial charge in [-0.1, -0.05) is 0 Å². The quantitative estimate of drug-likeness (QED) is 0.536. The summed E-state index contributed by atoms with van der Waals surface area (Å²) < 4.78 is 0. The SMILES string of the molecule is CNc1c(NCCCCSC)c(=O)c1=O. The molecule has 0 amide bonds. The third kappa shape index (κ3) is 2.75. The van der Waals surface area contributed by atoms with Gasteiger partial charge in [0.1, 0.15) is 11.4 Å². The Morgan fingerprint density at radius 1 is 1.13 bits per heavy atom. The predicted molar refractivity (Wildman–Crippen MR) is 67.0 cm³/mol. The van der Waals surface area contributed by atoms with Gasteiger partial charge in [0, 0.05) is 13.6 Å². The van der Waals surface area contributed by atoms with E-state index in [4.69, 9.17) is 0 Å². The summed E-state index contributed by atoms with van der Waals surface area (Å²) in [5.41, 5.74) is 0.0600. The summed E-state index contributed by atoms with van der Waals surface area (Å²) in [5, 5.41) is 5.72. The van der Waals surface area contributed by atoms with Gasteiger partial charge in [-0.2, -0.15) is 11.8 Å². The van der Waals surface area contributed by atoms with Crippen molar-refractivity contribution in [3.63, 3.8) is 0 Å². The molecule has 0 heterocycles. The molecule has 0 atom stereocenters. The number of hydrogen-bond acceptors (Lipinski definition) is 5. The van der Waals surface area contributed by atoms with Crippen LogP contribution in [0.2, 0.25) is 0 Å².